The lowest BCUT2D eigenvalue weighted by atomic mass is 9.94. The maximum absolute atomic E-state index is 12.8. The fourth-order valence-electron chi connectivity index (χ4n) is 4.36. The lowest BCUT2D eigenvalue weighted by Gasteiger charge is -2.40. The Morgan fingerprint density at radius 1 is 1.16 bits per heavy atom. The minimum Gasteiger partial charge on any atom is -0.341 e. The molecule has 1 amide bonds. The van der Waals surface area contributed by atoms with Crippen molar-refractivity contribution in [2.75, 3.05) is 26.2 Å². The SMILES string of the molecule is CC1CCCCN1CC1CCCN(C(=O)C(N)Cc2ccccc2)C1. The molecule has 3 rings (SSSR count). The van der Waals surface area contributed by atoms with Crippen molar-refractivity contribution in [2.45, 2.75) is 57.5 Å². The van der Waals surface area contributed by atoms with Gasteiger partial charge in [0.15, 0.2) is 0 Å². The number of hydrogen-bond donors (Lipinski definition) is 1. The van der Waals surface area contributed by atoms with E-state index in [1.54, 1.807) is 0 Å². The molecule has 1 aromatic rings. The number of nitrogens with zero attached hydrogens (tertiary/aromatic N) is 2. The minimum atomic E-state index is -0.421. The Labute approximate surface area is 152 Å². The quantitative estimate of drug-likeness (QED) is 0.894. The average molecular weight is 344 g/mol. The van der Waals surface area contributed by atoms with Crippen LogP contribution in [0.3, 0.4) is 0 Å². The van der Waals surface area contributed by atoms with E-state index in [1.807, 2.05) is 35.2 Å². The molecule has 2 fully saturated rings. The first-order chi connectivity index (χ1) is 12.1. The Kier molecular flexibility index (Phi) is 6.49. The van der Waals surface area contributed by atoms with E-state index in [1.165, 1.54) is 32.2 Å². The number of hydrogen-bond acceptors (Lipinski definition) is 3. The highest BCUT2D eigenvalue weighted by Crippen LogP contribution is 2.23. The number of amides is 1. The molecule has 4 nitrogen and oxygen atoms in total. The van der Waals surface area contributed by atoms with Gasteiger partial charge in [0.1, 0.15) is 0 Å². The predicted molar refractivity (Wildman–Crippen MR) is 102 cm³/mol. The molecule has 3 unspecified atom stereocenters. The number of carbonyl (C=O) groups is 1. The summed E-state index contributed by atoms with van der Waals surface area (Å²) in [5.41, 5.74) is 7.37. The fraction of sp³-hybridized carbons (Fsp3) is 0.667. The molecule has 2 N–H and O–H groups in total. The van der Waals surface area contributed by atoms with Crippen molar-refractivity contribution in [1.82, 2.24) is 9.80 Å². The highest BCUT2D eigenvalue weighted by Gasteiger charge is 2.29. The molecule has 0 aliphatic carbocycles. The van der Waals surface area contributed by atoms with Crippen LogP contribution in [0.2, 0.25) is 0 Å². The first-order valence-electron chi connectivity index (χ1n) is 9.96. The molecule has 138 valence electrons. The highest BCUT2D eigenvalue weighted by molar-refractivity contribution is 5.82. The molecule has 0 aromatic heterocycles. The third-order valence-corrected chi connectivity index (χ3v) is 5.88. The summed E-state index contributed by atoms with van der Waals surface area (Å²) in [6.07, 6.45) is 6.97. The fourth-order valence-corrected chi connectivity index (χ4v) is 4.36. The number of likely N-dealkylation sites (tertiary alicyclic amines) is 2. The van der Waals surface area contributed by atoms with Gasteiger partial charge in [0, 0.05) is 25.7 Å². The van der Waals surface area contributed by atoms with Gasteiger partial charge in [-0.05, 0) is 57.1 Å². The molecule has 2 aliphatic rings. The van der Waals surface area contributed by atoms with Crippen LogP contribution in [0, 0.1) is 5.92 Å². The van der Waals surface area contributed by atoms with Crippen molar-refractivity contribution in [3.05, 3.63) is 35.9 Å². The maximum atomic E-state index is 12.8. The van der Waals surface area contributed by atoms with Crippen LogP contribution in [-0.2, 0) is 11.2 Å². The molecule has 2 heterocycles. The molecule has 0 bridgehead atoms. The van der Waals surface area contributed by atoms with Gasteiger partial charge >= 0.3 is 0 Å². The summed E-state index contributed by atoms with van der Waals surface area (Å²) in [4.78, 5) is 17.4. The summed E-state index contributed by atoms with van der Waals surface area (Å²) >= 11 is 0. The van der Waals surface area contributed by atoms with Crippen LogP contribution >= 0.6 is 0 Å². The van der Waals surface area contributed by atoms with E-state index in [9.17, 15) is 4.79 Å². The minimum absolute atomic E-state index is 0.125. The van der Waals surface area contributed by atoms with Gasteiger partial charge in [-0.15, -0.1) is 0 Å². The molecule has 2 saturated heterocycles. The molecular weight excluding hydrogens is 310 g/mol. The van der Waals surface area contributed by atoms with Crippen molar-refractivity contribution < 1.29 is 4.79 Å². The van der Waals surface area contributed by atoms with Gasteiger partial charge in [-0.2, -0.15) is 0 Å². The normalized spacial score (nSPS) is 26.4. The van der Waals surface area contributed by atoms with E-state index >= 15 is 0 Å². The van der Waals surface area contributed by atoms with Gasteiger partial charge in [0.05, 0.1) is 6.04 Å². The van der Waals surface area contributed by atoms with Crippen LogP contribution in [-0.4, -0.2) is 54.0 Å². The van der Waals surface area contributed by atoms with E-state index in [4.69, 9.17) is 5.73 Å². The molecule has 2 aliphatic heterocycles. The molecule has 3 atom stereocenters. The van der Waals surface area contributed by atoms with Crippen molar-refractivity contribution in [2.24, 2.45) is 11.7 Å². The summed E-state index contributed by atoms with van der Waals surface area (Å²) in [6, 6.07) is 10.4. The van der Waals surface area contributed by atoms with Gasteiger partial charge in [-0.25, -0.2) is 0 Å². The van der Waals surface area contributed by atoms with Crippen LogP contribution in [0.15, 0.2) is 30.3 Å². The molecule has 25 heavy (non-hydrogen) atoms. The van der Waals surface area contributed by atoms with Crippen molar-refractivity contribution in [3.8, 4) is 0 Å². The number of carbonyl (C=O) groups excluding carboxylic acids is 1. The Morgan fingerprint density at radius 2 is 1.96 bits per heavy atom. The second-order valence-electron chi connectivity index (χ2n) is 7.93. The van der Waals surface area contributed by atoms with Gasteiger partial charge < -0.3 is 15.5 Å². The van der Waals surface area contributed by atoms with Gasteiger partial charge in [-0.1, -0.05) is 36.8 Å². The second kappa shape index (κ2) is 8.81. The highest BCUT2D eigenvalue weighted by atomic mass is 16.2. The molecular formula is C21H33N3O. The Bertz CT molecular complexity index is 547. The average Bonchev–Trinajstić information content (AvgIpc) is 2.64. The first-order valence-corrected chi connectivity index (χ1v) is 9.96. The summed E-state index contributed by atoms with van der Waals surface area (Å²) in [5.74, 6) is 0.724. The number of piperidine rings is 2. The number of benzene rings is 1. The summed E-state index contributed by atoms with van der Waals surface area (Å²) < 4.78 is 0. The lowest BCUT2D eigenvalue weighted by molar-refractivity contribution is -0.134. The zero-order chi connectivity index (χ0) is 17.6. The monoisotopic (exact) mass is 343 g/mol. The van der Waals surface area contributed by atoms with Crippen LogP contribution in [0.1, 0.15) is 44.6 Å². The largest absolute Gasteiger partial charge is 0.341 e. The molecule has 0 spiro atoms. The number of rotatable bonds is 5. The summed E-state index contributed by atoms with van der Waals surface area (Å²) in [6.45, 7) is 6.45. The smallest absolute Gasteiger partial charge is 0.239 e. The topological polar surface area (TPSA) is 49.6 Å². The molecule has 4 heteroatoms. The van der Waals surface area contributed by atoms with E-state index < -0.39 is 6.04 Å². The molecule has 0 radical (unpaired) electrons. The second-order valence-corrected chi connectivity index (χ2v) is 7.93. The third-order valence-electron chi connectivity index (χ3n) is 5.88. The van der Waals surface area contributed by atoms with Crippen LogP contribution in [0.4, 0.5) is 0 Å². The zero-order valence-corrected chi connectivity index (χ0v) is 15.6. The Hall–Kier alpha value is -1.39. The van der Waals surface area contributed by atoms with Crippen LogP contribution in [0.25, 0.3) is 0 Å². The van der Waals surface area contributed by atoms with Crippen LogP contribution < -0.4 is 5.73 Å². The van der Waals surface area contributed by atoms with Gasteiger partial charge in [0.2, 0.25) is 5.91 Å². The summed E-state index contributed by atoms with van der Waals surface area (Å²) in [7, 11) is 0. The standard InChI is InChI=1S/C21H33N3O/c1-17-8-5-6-12-23(17)15-19-11-7-13-24(16-19)21(25)20(22)14-18-9-3-2-4-10-18/h2-4,9-10,17,19-20H,5-8,11-16,22H2,1H3. The van der Waals surface area contributed by atoms with E-state index in [0.29, 0.717) is 18.4 Å². The first kappa shape index (κ1) is 18.4. The number of nitrogens with two attached hydrogens (primary N) is 1. The third kappa shape index (κ3) is 5.05. The Morgan fingerprint density at radius 3 is 2.72 bits per heavy atom. The van der Waals surface area contributed by atoms with Crippen molar-refractivity contribution in [3.63, 3.8) is 0 Å². The Balaban J connectivity index is 1.52. The molecule has 0 saturated carbocycles. The summed E-state index contributed by atoms with van der Waals surface area (Å²) in [5, 5.41) is 0. The van der Waals surface area contributed by atoms with Crippen molar-refractivity contribution in [1.29, 1.82) is 0 Å². The predicted octanol–water partition coefficient (Wildman–Crippen LogP) is 2.67. The zero-order valence-electron chi connectivity index (χ0n) is 15.6. The van der Waals surface area contributed by atoms with Crippen LogP contribution in [0.5, 0.6) is 0 Å². The molecule has 1 aromatic carbocycles. The van der Waals surface area contributed by atoms with Gasteiger partial charge in [0.25, 0.3) is 0 Å². The lowest BCUT2D eigenvalue weighted by Crippen LogP contribution is -2.51. The maximum Gasteiger partial charge on any atom is 0.239 e. The van der Waals surface area contributed by atoms with Gasteiger partial charge in [-0.3, -0.25) is 4.79 Å². The van der Waals surface area contributed by atoms with E-state index in [2.05, 4.69) is 11.8 Å². The van der Waals surface area contributed by atoms with E-state index in [0.717, 1.165) is 31.6 Å². The van der Waals surface area contributed by atoms with E-state index in [-0.39, 0.29) is 5.91 Å². The van der Waals surface area contributed by atoms with Crippen molar-refractivity contribution >= 4 is 5.91 Å².